The number of aliphatic hydroxyl groups excluding tert-OH is 1. The molecule has 1 aliphatic carbocycles. The van der Waals surface area contributed by atoms with Crippen LogP contribution >= 0.6 is 0 Å². The highest BCUT2D eigenvalue weighted by Crippen LogP contribution is 2.50. The van der Waals surface area contributed by atoms with Gasteiger partial charge in [-0.05, 0) is 37.1 Å². The number of piperidine rings is 1. The molecule has 8 nitrogen and oxygen atoms in total. The third kappa shape index (κ3) is 2.70. The smallest absolute Gasteiger partial charge is 0.274 e. The minimum Gasteiger partial charge on any atom is -0.390 e. The van der Waals surface area contributed by atoms with Crippen molar-refractivity contribution in [3.63, 3.8) is 0 Å². The molecule has 138 valence electrons. The number of benzene rings is 1. The summed E-state index contributed by atoms with van der Waals surface area (Å²) < 4.78 is 1.54. The number of nitrogens with two attached hydrogens (primary N) is 1. The van der Waals surface area contributed by atoms with Crippen molar-refractivity contribution < 1.29 is 9.90 Å². The van der Waals surface area contributed by atoms with E-state index >= 15 is 0 Å². The molecular weight excluding hydrogens is 332 g/mol. The fourth-order valence-electron chi connectivity index (χ4n) is 4.32. The van der Waals surface area contributed by atoms with E-state index in [1.807, 2.05) is 18.2 Å². The Balaban J connectivity index is 1.61. The number of hydrogen-bond acceptors (Lipinski definition) is 6. The van der Waals surface area contributed by atoms with Crippen LogP contribution in [-0.4, -0.2) is 51.7 Å². The Morgan fingerprint density at radius 1 is 1.38 bits per heavy atom. The molecule has 1 aromatic carbocycles. The number of fused-ring (bicyclic) bond motifs is 2. The Morgan fingerprint density at radius 3 is 2.92 bits per heavy atom. The van der Waals surface area contributed by atoms with Gasteiger partial charge in [-0.2, -0.15) is 0 Å². The van der Waals surface area contributed by atoms with Crippen LogP contribution in [0.15, 0.2) is 30.5 Å². The zero-order valence-electron chi connectivity index (χ0n) is 14.6. The van der Waals surface area contributed by atoms with Crippen molar-refractivity contribution in [2.45, 2.75) is 36.9 Å². The van der Waals surface area contributed by atoms with Gasteiger partial charge in [0, 0.05) is 12.0 Å². The maximum Gasteiger partial charge on any atom is 0.274 e. The number of aliphatic hydroxyl groups is 1. The largest absolute Gasteiger partial charge is 0.390 e. The molecule has 0 unspecified atom stereocenters. The van der Waals surface area contributed by atoms with Crippen molar-refractivity contribution in [2.24, 2.45) is 5.73 Å². The van der Waals surface area contributed by atoms with Crippen LogP contribution in [0.4, 0.5) is 0 Å². The number of aromatic nitrogens is 3. The Labute approximate surface area is 151 Å². The summed E-state index contributed by atoms with van der Waals surface area (Å²) in [5.74, 6) is -0.335. The predicted molar refractivity (Wildman–Crippen MR) is 95.5 cm³/mol. The molecule has 2 heterocycles. The van der Waals surface area contributed by atoms with Gasteiger partial charge in [0.25, 0.3) is 5.91 Å². The molecule has 0 saturated carbocycles. The molecule has 1 saturated heterocycles. The molecule has 26 heavy (non-hydrogen) atoms. The lowest BCUT2D eigenvalue weighted by atomic mass is 9.72. The lowest BCUT2D eigenvalue weighted by Crippen LogP contribution is -2.48. The normalized spacial score (nSPS) is 23.8. The first kappa shape index (κ1) is 17.1. The molecule has 4 rings (SSSR count). The van der Waals surface area contributed by atoms with Crippen LogP contribution in [0.2, 0.25) is 0 Å². The van der Waals surface area contributed by atoms with Gasteiger partial charge in [0.2, 0.25) is 0 Å². The molecule has 2 aromatic rings. The summed E-state index contributed by atoms with van der Waals surface area (Å²) in [5.41, 5.74) is 7.56. The maximum absolute atomic E-state index is 12.7. The second-order valence-corrected chi connectivity index (χ2v) is 7.04. The van der Waals surface area contributed by atoms with Crippen LogP contribution in [0, 0.1) is 0 Å². The minimum absolute atomic E-state index is 0.231. The Hall–Kier alpha value is -2.29. The van der Waals surface area contributed by atoms with E-state index in [1.165, 1.54) is 0 Å². The van der Waals surface area contributed by atoms with E-state index in [4.69, 9.17) is 5.73 Å². The molecule has 1 amide bonds. The van der Waals surface area contributed by atoms with E-state index in [1.54, 1.807) is 10.9 Å². The summed E-state index contributed by atoms with van der Waals surface area (Å²) in [6.07, 6.45) is 2.62. The number of carbonyl (C=O) groups excluding carboxylic acids is 1. The molecule has 1 spiro atoms. The van der Waals surface area contributed by atoms with Gasteiger partial charge in [-0.3, -0.25) is 9.48 Å². The first-order valence-corrected chi connectivity index (χ1v) is 9.05. The first-order valence-electron chi connectivity index (χ1n) is 9.05. The van der Waals surface area contributed by atoms with Gasteiger partial charge in [-0.1, -0.05) is 29.5 Å². The highest BCUT2D eigenvalue weighted by molar-refractivity contribution is 5.92. The van der Waals surface area contributed by atoms with E-state index in [0.717, 1.165) is 37.1 Å². The summed E-state index contributed by atoms with van der Waals surface area (Å²) in [5, 5.41) is 25.3. The molecule has 5 N–H and O–H groups in total. The number of nitrogens with one attached hydrogen (secondary N) is 2. The van der Waals surface area contributed by atoms with Gasteiger partial charge < -0.3 is 21.5 Å². The fourth-order valence-corrected chi connectivity index (χ4v) is 4.32. The minimum atomic E-state index is -0.662. The molecule has 2 aliphatic rings. The van der Waals surface area contributed by atoms with Crippen LogP contribution in [0.25, 0.3) is 0 Å². The van der Waals surface area contributed by atoms with E-state index in [9.17, 15) is 9.90 Å². The monoisotopic (exact) mass is 356 g/mol. The molecule has 1 aliphatic heterocycles. The Morgan fingerprint density at radius 2 is 2.15 bits per heavy atom. The van der Waals surface area contributed by atoms with E-state index in [2.05, 4.69) is 27.0 Å². The average molecular weight is 356 g/mol. The van der Waals surface area contributed by atoms with Crippen LogP contribution < -0.4 is 16.4 Å². The Bertz CT molecular complexity index is 798. The molecule has 0 bridgehead atoms. The fraction of sp³-hybridized carbons (Fsp3) is 0.500. The van der Waals surface area contributed by atoms with Crippen molar-refractivity contribution in [1.29, 1.82) is 0 Å². The SMILES string of the molecule is NCCn1cc(C(=O)N[C@H]2c3ccccc3C3(CCNCC3)[C@@H]2O)nn1. The maximum atomic E-state index is 12.7. The summed E-state index contributed by atoms with van der Waals surface area (Å²) in [6.45, 7) is 2.65. The Kier molecular flexibility index (Phi) is 4.47. The van der Waals surface area contributed by atoms with Crippen molar-refractivity contribution in [3.8, 4) is 0 Å². The predicted octanol–water partition coefficient (Wildman–Crippen LogP) is -0.296. The third-order valence-electron chi connectivity index (χ3n) is 5.63. The number of hydrogen-bond donors (Lipinski definition) is 4. The quantitative estimate of drug-likeness (QED) is 0.598. The van der Waals surface area contributed by atoms with Gasteiger partial charge in [-0.15, -0.1) is 5.10 Å². The zero-order chi connectivity index (χ0) is 18.1. The van der Waals surface area contributed by atoms with Crippen molar-refractivity contribution >= 4 is 5.91 Å². The molecule has 1 fully saturated rings. The molecule has 8 heteroatoms. The number of amides is 1. The zero-order valence-corrected chi connectivity index (χ0v) is 14.6. The second kappa shape index (κ2) is 6.79. The summed E-state index contributed by atoms with van der Waals surface area (Å²) >= 11 is 0. The molecule has 1 aromatic heterocycles. The van der Waals surface area contributed by atoms with Crippen LogP contribution in [0.3, 0.4) is 0 Å². The average Bonchev–Trinajstić information content (AvgIpc) is 3.22. The number of rotatable bonds is 4. The molecular formula is C18H24N6O2. The van der Waals surface area contributed by atoms with Gasteiger partial charge >= 0.3 is 0 Å². The van der Waals surface area contributed by atoms with Gasteiger partial charge in [-0.25, -0.2) is 0 Å². The lowest BCUT2D eigenvalue weighted by Gasteiger charge is -2.38. The number of carbonyl (C=O) groups is 1. The van der Waals surface area contributed by atoms with Gasteiger partial charge in [0.05, 0.1) is 24.9 Å². The second-order valence-electron chi connectivity index (χ2n) is 7.04. The first-order chi connectivity index (χ1) is 12.7. The van der Waals surface area contributed by atoms with E-state index in [0.29, 0.717) is 13.1 Å². The van der Waals surface area contributed by atoms with Crippen molar-refractivity contribution in [1.82, 2.24) is 25.6 Å². The standard InChI is InChI=1S/C18H24N6O2/c19-7-10-24-11-14(22-23-24)17(26)21-15-12-3-1-2-4-13(12)18(16(15)25)5-8-20-9-6-18/h1-4,11,15-16,20,25H,5-10,19H2,(H,21,26)/t15-,16+/m0/s1. The topological polar surface area (TPSA) is 118 Å². The van der Waals surface area contributed by atoms with Crippen LogP contribution in [0.5, 0.6) is 0 Å². The highest BCUT2D eigenvalue weighted by Gasteiger charge is 2.52. The third-order valence-corrected chi connectivity index (χ3v) is 5.63. The van der Waals surface area contributed by atoms with Gasteiger partial charge in [0.15, 0.2) is 5.69 Å². The van der Waals surface area contributed by atoms with Crippen molar-refractivity contribution in [3.05, 3.63) is 47.3 Å². The summed E-state index contributed by atoms with van der Waals surface area (Å²) in [7, 11) is 0. The highest BCUT2D eigenvalue weighted by atomic mass is 16.3. The lowest BCUT2D eigenvalue weighted by molar-refractivity contribution is 0.0417. The van der Waals surface area contributed by atoms with Gasteiger partial charge in [0.1, 0.15) is 0 Å². The molecule has 2 atom stereocenters. The van der Waals surface area contributed by atoms with Crippen LogP contribution in [0.1, 0.15) is 40.5 Å². The van der Waals surface area contributed by atoms with E-state index < -0.39 is 12.1 Å². The number of nitrogens with zero attached hydrogens (tertiary/aromatic N) is 3. The van der Waals surface area contributed by atoms with Crippen LogP contribution in [-0.2, 0) is 12.0 Å². The molecule has 0 radical (unpaired) electrons. The summed E-state index contributed by atoms with van der Waals surface area (Å²) in [4.78, 5) is 12.7. The summed E-state index contributed by atoms with van der Waals surface area (Å²) in [6, 6.07) is 7.57. The van der Waals surface area contributed by atoms with E-state index in [-0.39, 0.29) is 17.0 Å². The van der Waals surface area contributed by atoms with Crippen molar-refractivity contribution in [2.75, 3.05) is 19.6 Å².